The summed E-state index contributed by atoms with van der Waals surface area (Å²) in [4.78, 5) is 3.88. The van der Waals surface area contributed by atoms with Gasteiger partial charge in [0.05, 0.1) is 0 Å². The number of benzene rings is 1. The fourth-order valence-corrected chi connectivity index (χ4v) is 3.36. The molecule has 1 aliphatic carbocycles. The molecule has 0 radical (unpaired) electrons. The van der Waals surface area contributed by atoms with Crippen molar-refractivity contribution in [3.05, 3.63) is 29.8 Å². The molecule has 0 atom stereocenters. The van der Waals surface area contributed by atoms with Gasteiger partial charge in [-0.15, -0.1) is 11.8 Å². The van der Waals surface area contributed by atoms with Crippen LogP contribution in [0.5, 0.6) is 0 Å². The summed E-state index contributed by atoms with van der Waals surface area (Å²) in [7, 11) is 4.36. The zero-order valence-electron chi connectivity index (χ0n) is 12.4. The maximum atomic E-state index is 3.40. The van der Waals surface area contributed by atoms with E-state index in [4.69, 9.17) is 0 Å². The molecule has 106 valence electrons. The molecule has 1 aromatic carbocycles. The minimum absolute atomic E-state index is 0.741. The Morgan fingerprint density at radius 3 is 2.32 bits per heavy atom. The molecule has 1 saturated carbocycles. The number of rotatable bonds is 5. The van der Waals surface area contributed by atoms with Crippen molar-refractivity contribution in [2.45, 2.75) is 49.2 Å². The van der Waals surface area contributed by atoms with Gasteiger partial charge in [-0.1, -0.05) is 12.1 Å². The third-order valence-electron chi connectivity index (χ3n) is 4.32. The average Bonchev–Trinajstić information content (AvgIpc) is 2.48. The Kier molecular flexibility index (Phi) is 5.74. The van der Waals surface area contributed by atoms with Gasteiger partial charge in [0.25, 0.3) is 0 Å². The van der Waals surface area contributed by atoms with Gasteiger partial charge in [-0.05, 0) is 63.7 Å². The molecule has 1 aromatic rings. The lowest BCUT2D eigenvalue weighted by Crippen LogP contribution is -2.39. The van der Waals surface area contributed by atoms with E-state index in [1.807, 2.05) is 0 Å². The van der Waals surface area contributed by atoms with E-state index in [-0.39, 0.29) is 0 Å². The minimum Gasteiger partial charge on any atom is -0.317 e. The maximum Gasteiger partial charge on any atom is 0.0233 e. The third kappa shape index (κ3) is 4.23. The molecule has 0 aromatic heterocycles. The minimum atomic E-state index is 0.741. The number of nitrogens with zero attached hydrogens (tertiary/aromatic N) is 1. The van der Waals surface area contributed by atoms with Gasteiger partial charge in [-0.2, -0.15) is 0 Å². The predicted octanol–water partition coefficient (Wildman–Crippen LogP) is 3.37. The Morgan fingerprint density at radius 2 is 1.79 bits per heavy atom. The monoisotopic (exact) mass is 278 g/mol. The SMILES string of the molecule is CNC1CCC(N(C)Cc2ccc(SC)cc2)CC1. The summed E-state index contributed by atoms with van der Waals surface area (Å²) in [5.41, 5.74) is 1.43. The van der Waals surface area contributed by atoms with Crippen molar-refractivity contribution in [2.75, 3.05) is 20.4 Å². The highest BCUT2D eigenvalue weighted by Crippen LogP contribution is 2.24. The molecular weight excluding hydrogens is 252 g/mol. The fourth-order valence-electron chi connectivity index (χ4n) is 2.95. The van der Waals surface area contributed by atoms with E-state index >= 15 is 0 Å². The summed E-state index contributed by atoms with van der Waals surface area (Å²) in [5, 5.41) is 3.40. The first-order valence-electron chi connectivity index (χ1n) is 7.23. The molecule has 19 heavy (non-hydrogen) atoms. The lowest BCUT2D eigenvalue weighted by Gasteiger charge is -2.34. The van der Waals surface area contributed by atoms with Crippen molar-refractivity contribution < 1.29 is 0 Å². The van der Waals surface area contributed by atoms with E-state index < -0.39 is 0 Å². The molecule has 0 spiro atoms. The molecule has 0 bridgehead atoms. The fraction of sp³-hybridized carbons (Fsp3) is 0.625. The van der Waals surface area contributed by atoms with Crippen LogP contribution in [-0.2, 0) is 6.54 Å². The Bertz CT molecular complexity index is 369. The first kappa shape index (κ1) is 14.9. The van der Waals surface area contributed by atoms with Crippen LogP contribution in [0.1, 0.15) is 31.2 Å². The zero-order valence-corrected chi connectivity index (χ0v) is 13.2. The van der Waals surface area contributed by atoms with Crippen LogP contribution in [0.2, 0.25) is 0 Å². The lowest BCUT2D eigenvalue weighted by molar-refractivity contribution is 0.170. The smallest absolute Gasteiger partial charge is 0.0233 e. The zero-order chi connectivity index (χ0) is 13.7. The van der Waals surface area contributed by atoms with Crippen LogP contribution in [0.15, 0.2) is 29.2 Å². The van der Waals surface area contributed by atoms with Crippen LogP contribution < -0.4 is 5.32 Å². The Hall–Kier alpha value is -0.510. The molecule has 3 heteroatoms. The van der Waals surface area contributed by atoms with Gasteiger partial charge in [0.2, 0.25) is 0 Å². The van der Waals surface area contributed by atoms with Gasteiger partial charge < -0.3 is 5.32 Å². The molecule has 0 heterocycles. The summed E-state index contributed by atoms with van der Waals surface area (Å²) in [6.07, 6.45) is 7.41. The van der Waals surface area contributed by atoms with Crippen molar-refractivity contribution >= 4 is 11.8 Å². The highest BCUT2D eigenvalue weighted by molar-refractivity contribution is 7.98. The molecule has 1 fully saturated rings. The summed E-state index contributed by atoms with van der Waals surface area (Å²) in [6, 6.07) is 10.5. The molecule has 0 saturated heterocycles. The Balaban J connectivity index is 1.84. The highest BCUT2D eigenvalue weighted by atomic mass is 32.2. The quantitative estimate of drug-likeness (QED) is 0.831. The summed E-state index contributed by atoms with van der Waals surface area (Å²) in [5.74, 6) is 0. The standard InChI is InChI=1S/C16H26N2S/c1-17-14-6-8-15(9-7-14)18(2)12-13-4-10-16(19-3)11-5-13/h4-5,10-11,14-15,17H,6-9,12H2,1-3H3. The molecular formula is C16H26N2S. The van der Waals surface area contributed by atoms with Crippen molar-refractivity contribution in [1.29, 1.82) is 0 Å². The Labute approximate surface area is 122 Å². The summed E-state index contributed by atoms with van der Waals surface area (Å²) in [6.45, 7) is 1.07. The number of thioether (sulfide) groups is 1. The van der Waals surface area contributed by atoms with E-state index in [1.165, 1.54) is 36.1 Å². The van der Waals surface area contributed by atoms with Gasteiger partial charge in [0.15, 0.2) is 0 Å². The largest absolute Gasteiger partial charge is 0.317 e. The third-order valence-corrected chi connectivity index (χ3v) is 5.06. The molecule has 1 N–H and O–H groups in total. The van der Waals surface area contributed by atoms with E-state index in [0.717, 1.165) is 18.6 Å². The normalized spacial score (nSPS) is 23.8. The first-order valence-corrected chi connectivity index (χ1v) is 8.46. The second-order valence-corrected chi connectivity index (χ2v) is 6.44. The van der Waals surface area contributed by atoms with E-state index in [0.29, 0.717) is 0 Å². The Morgan fingerprint density at radius 1 is 1.16 bits per heavy atom. The van der Waals surface area contributed by atoms with Crippen molar-refractivity contribution in [2.24, 2.45) is 0 Å². The second-order valence-electron chi connectivity index (χ2n) is 5.56. The molecule has 0 amide bonds. The van der Waals surface area contributed by atoms with Crippen molar-refractivity contribution in [1.82, 2.24) is 10.2 Å². The predicted molar refractivity (Wildman–Crippen MR) is 84.8 cm³/mol. The van der Waals surface area contributed by atoms with Crippen LogP contribution in [0.25, 0.3) is 0 Å². The molecule has 0 unspecified atom stereocenters. The topological polar surface area (TPSA) is 15.3 Å². The van der Waals surface area contributed by atoms with Crippen LogP contribution in [0, 0.1) is 0 Å². The van der Waals surface area contributed by atoms with Crippen LogP contribution in [0.4, 0.5) is 0 Å². The second kappa shape index (κ2) is 7.32. The van der Waals surface area contributed by atoms with E-state index in [1.54, 1.807) is 11.8 Å². The van der Waals surface area contributed by atoms with Crippen molar-refractivity contribution in [3.63, 3.8) is 0 Å². The number of nitrogens with one attached hydrogen (secondary N) is 1. The lowest BCUT2D eigenvalue weighted by atomic mass is 9.90. The highest BCUT2D eigenvalue weighted by Gasteiger charge is 2.22. The van der Waals surface area contributed by atoms with Crippen LogP contribution in [-0.4, -0.2) is 37.3 Å². The molecule has 2 rings (SSSR count). The van der Waals surface area contributed by atoms with E-state index in [2.05, 4.69) is 54.8 Å². The van der Waals surface area contributed by atoms with Crippen LogP contribution >= 0.6 is 11.8 Å². The van der Waals surface area contributed by atoms with Gasteiger partial charge >= 0.3 is 0 Å². The van der Waals surface area contributed by atoms with Gasteiger partial charge in [-0.25, -0.2) is 0 Å². The number of hydrogen-bond acceptors (Lipinski definition) is 3. The first-order chi connectivity index (χ1) is 9.22. The maximum absolute atomic E-state index is 3.40. The number of hydrogen-bond donors (Lipinski definition) is 1. The summed E-state index contributed by atoms with van der Waals surface area (Å²) >= 11 is 1.81. The molecule has 0 aliphatic heterocycles. The van der Waals surface area contributed by atoms with Crippen molar-refractivity contribution in [3.8, 4) is 0 Å². The van der Waals surface area contributed by atoms with E-state index in [9.17, 15) is 0 Å². The van der Waals surface area contributed by atoms with Gasteiger partial charge in [0.1, 0.15) is 0 Å². The van der Waals surface area contributed by atoms with Crippen LogP contribution in [0.3, 0.4) is 0 Å². The summed E-state index contributed by atoms with van der Waals surface area (Å²) < 4.78 is 0. The average molecular weight is 278 g/mol. The molecule has 2 nitrogen and oxygen atoms in total. The van der Waals surface area contributed by atoms with Gasteiger partial charge in [0, 0.05) is 23.5 Å². The molecule has 1 aliphatic rings. The van der Waals surface area contributed by atoms with Gasteiger partial charge in [-0.3, -0.25) is 4.90 Å².